The number of carbonyl (C=O) groups is 3. The molecule has 2 atom stereocenters. The fraction of sp³-hybridized carbons (Fsp3) is 0.186. The number of hydrogen-bond acceptors (Lipinski definition) is 11. The van der Waals surface area contributed by atoms with E-state index in [4.69, 9.17) is 30.9 Å². The average Bonchev–Trinajstić information content (AvgIpc) is 3.73. The minimum absolute atomic E-state index is 0.0106. The van der Waals surface area contributed by atoms with Crippen LogP contribution in [0.4, 0.5) is 5.13 Å². The molecular formula is C43H38ClN5O6S2. The van der Waals surface area contributed by atoms with Crippen LogP contribution in [0.2, 0.25) is 0 Å². The fourth-order valence-corrected chi connectivity index (χ4v) is 8.93. The number of amides is 2. The molecule has 11 nitrogen and oxygen atoms in total. The van der Waals surface area contributed by atoms with Crippen molar-refractivity contribution in [1.82, 2.24) is 15.2 Å². The predicted octanol–water partition coefficient (Wildman–Crippen LogP) is 7.10. The summed E-state index contributed by atoms with van der Waals surface area (Å²) in [5.41, 5.74) is 3.71. The molecule has 2 amide bonds. The van der Waals surface area contributed by atoms with Gasteiger partial charge >= 0.3 is 5.97 Å². The summed E-state index contributed by atoms with van der Waals surface area (Å²) in [5, 5.41) is 12.3. The van der Waals surface area contributed by atoms with Gasteiger partial charge in [0.05, 0.1) is 7.11 Å². The standard InChI is InChI=1S/C43H38ClN5O6S2/c1-53-33-22-20-28(21-23-33)25-55-41(52)37-29(13-12-24-44)26-56-40-36(39(51)49(37)40)46-38(50)35(48-54-2)34-27-57-42(45-34)47-43(30-14-6-3-7-15-30,31-16-8-4-9-17-31)32-18-10-5-11-19-32/h3-23,27,36,40H,24-26H2,1-2H3,(H,45,47)(H,46,50)/b13-12-,48-35+/t36-,40-/m1/s1. The van der Waals surface area contributed by atoms with Crippen molar-refractivity contribution in [3.8, 4) is 5.75 Å². The molecule has 0 radical (unpaired) electrons. The van der Waals surface area contributed by atoms with Gasteiger partial charge in [0.25, 0.3) is 11.8 Å². The Labute approximate surface area is 343 Å². The molecule has 7 rings (SSSR count). The largest absolute Gasteiger partial charge is 0.497 e. The second-order valence-electron chi connectivity index (χ2n) is 12.8. The van der Waals surface area contributed by atoms with E-state index in [0.29, 0.717) is 22.2 Å². The van der Waals surface area contributed by atoms with Gasteiger partial charge in [-0.2, -0.15) is 0 Å². The zero-order valence-electron chi connectivity index (χ0n) is 31.0. The van der Waals surface area contributed by atoms with Crippen LogP contribution in [0.3, 0.4) is 0 Å². The zero-order chi connectivity index (χ0) is 39.8. The number of alkyl halides is 1. The number of thioether (sulfide) groups is 1. The Bertz CT molecular complexity index is 2210. The number of methoxy groups -OCH3 is 1. The van der Waals surface area contributed by atoms with E-state index < -0.39 is 34.7 Å². The van der Waals surface area contributed by atoms with Crippen molar-refractivity contribution < 1.29 is 28.7 Å². The number of carbonyl (C=O) groups excluding carboxylic acids is 3. The van der Waals surface area contributed by atoms with Crippen LogP contribution < -0.4 is 15.4 Å². The van der Waals surface area contributed by atoms with Gasteiger partial charge in [0, 0.05) is 17.0 Å². The van der Waals surface area contributed by atoms with Crippen LogP contribution in [0.5, 0.6) is 5.75 Å². The second-order valence-corrected chi connectivity index (χ2v) is 15.1. The molecule has 3 heterocycles. The highest BCUT2D eigenvalue weighted by molar-refractivity contribution is 8.00. The maximum absolute atomic E-state index is 13.9. The minimum atomic E-state index is -0.953. The number of oxime groups is 1. The SMILES string of the molecule is CO/N=C(/C(=O)N[C@@H]1C(=O)N2C(C(=O)OCc3ccc(OC)cc3)=C(/C=C\CCl)CS[C@H]12)c1csc(NC(c2ccccc2)(c2ccccc2)c2ccccc2)n1. The van der Waals surface area contributed by atoms with Crippen molar-refractivity contribution in [2.75, 3.05) is 31.2 Å². The molecule has 5 aromatic rings. The highest BCUT2D eigenvalue weighted by Gasteiger charge is 2.54. The Morgan fingerprint density at radius 3 is 2.11 bits per heavy atom. The van der Waals surface area contributed by atoms with E-state index in [0.717, 1.165) is 22.3 Å². The monoisotopic (exact) mass is 819 g/mol. The van der Waals surface area contributed by atoms with Crippen molar-refractivity contribution in [3.05, 3.63) is 172 Å². The number of benzene rings is 4. The van der Waals surface area contributed by atoms with E-state index in [9.17, 15) is 14.4 Å². The van der Waals surface area contributed by atoms with Crippen molar-refractivity contribution in [2.45, 2.75) is 23.6 Å². The number of aromatic nitrogens is 1. The van der Waals surface area contributed by atoms with Crippen molar-refractivity contribution in [2.24, 2.45) is 5.16 Å². The number of nitrogens with zero attached hydrogens (tertiary/aromatic N) is 3. The van der Waals surface area contributed by atoms with E-state index in [-0.39, 0.29) is 29.6 Å². The Morgan fingerprint density at radius 1 is 0.930 bits per heavy atom. The highest BCUT2D eigenvalue weighted by Crippen LogP contribution is 2.42. The van der Waals surface area contributed by atoms with Gasteiger partial charge in [0.15, 0.2) is 10.8 Å². The molecule has 0 unspecified atom stereocenters. The summed E-state index contributed by atoms with van der Waals surface area (Å²) in [6, 6.07) is 36.4. The third-order valence-electron chi connectivity index (χ3n) is 9.47. The molecule has 14 heteroatoms. The lowest BCUT2D eigenvalue weighted by molar-refractivity contribution is -0.153. The number of halogens is 1. The van der Waals surface area contributed by atoms with E-state index in [1.165, 1.54) is 35.1 Å². The van der Waals surface area contributed by atoms with Crippen LogP contribution in [0.15, 0.2) is 149 Å². The molecule has 0 bridgehead atoms. The zero-order valence-corrected chi connectivity index (χ0v) is 33.4. The molecule has 0 spiro atoms. The molecule has 2 aliphatic rings. The summed E-state index contributed by atoms with van der Waals surface area (Å²) < 4.78 is 10.9. The number of allylic oxidation sites excluding steroid dienone is 2. The van der Waals surface area contributed by atoms with Crippen molar-refractivity contribution in [1.29, 1.82) is 0 Å². The number of nitrogens with one attached hydrogen (secondary N) is 2. The van der Waals surface area contributed by atoms with Crippen molar-refractivity contribution in [3.63, 3.8) is 0 Å². The van der Waals surface area contributed by atoms with Crippen LogP contribution in [-0.2, 0) is 36.1 Å². The van der Waals surface area contributed by atoms with Gasteiger partial charge in [0.1, 0.15) is 47.8 Å². The van der Waals surface area contributed by atoms with Gasteiger partial charge in [-0.25, -0.2) is 9.78 Å². The number of ether oxygens (including phenoxy) is 2. The minimum Gasteiger partial charge on any atom is -0.497 e. The number of β-lactam (4-membered cyclic amide) rings is 1. The molecule has 4 aromatic carbocycles. The number of hydrogen-bond donors (Lipinski definition) is 2. The summed E-state index contributed by atoms with van der Waals surface area (Å²) in [7, 11) is 2.91. The Kier molecular flexibility index (Phi) is 12.4. The van der Waals surface area contributed by atoms with Crippen LogP contribution in [0.1, 0.15) is 27.9 Å². The lowest BCUT2D eigenvalue weighted by atomic mass is 9.77. The number of thiazole rings is 1. The first-order chi connectivity index (χ1) is 27.9. The molecule has 57 heavy (non-hydrogen) atoms. The van der Waals surface area contributed by atoms with Gasteiger partial charge in [0.2, 0.25) is 0 Å². The third-order valence-corrected chi connectivity index (χ3v) is 11.7. The molecule has 1 saturated heterocycles. The Morgan fingerprint density at radius 2 is 1.54 bits per heavy atom. The molecule has 290 valence electrons. The van der Waals surface area contributed by atoms with Gasteiger partial charge in [-0.3, -0.25) is 14.5 Å². The van der Waals surface area contributed by atoms with Crippen molar-refractivity contribution >= 4 is 63.3 Å². The van der Waals surface area contributed by atoms with Crippen LogP contribution in [0.25, 0.3) is 0 Å². The first-order valence-corrected chi connectivity index (χ1v) is 20.4. The van der Waals surface area contributed by atoms with E-state index in [1.54, 1.807) is 48.9 Å². The molecule has 1 aromatic heterocycles. The predicted molar refractivity (Wildman–Crippen MR) is 223 cm³/mol. The van der Waals surface area contributed by atoms with Crippen LogP contribution >= 0.6 is 34.7 Å². The van der Waals surface area contributed by atoms with Crippen LogP contribution in [0, 0.1) is 0 Å². The number of esters is 1. The Balaban J connectivity index is 1.12. The second kappa shape index (κ2) is 17.9. The molecule has 0 aliphatic carbocycles. The first-order valence-electron chi connectivity index (χ1n) is 17.9. The maximum atomic E-state index is 13.9. The Hall–Kier alpha value is -5.89. The summed E-state index contributed by atoms with van der Waals surface area (Å²) in [4.78, 5) is 52.6. The summed E-state index contributed by atoms with van der Waals surface area (Å²) >= 11 is 8.64. The fourth-order valence-electron chi connectivity index (χ4n) is 6.77. The van der Waals surface area contributed by atoms with E-state index in [2.05, 4.69) is 52.2 Å². The molecule has 2 aliphatic heterocycles. The van der Waals surface area contributed by atoms with Gasteiger partial charge < -0.3 is 24.9 Å². The average molecular weight is 820 g/mol. The number of fused-ring (bicyclic) bond motifs is 1. The van der Waals surface area contributed by atoms with Crippen LogP contribution in [-0.4, -0.2) is 70.6 Å². The highest BCUT2D eigenvalue weighted by atomic mass is 35.5. The van der Waals surface area contributed by atoms with E-state index in [1.807, 2.05) is 54.6 Å². The molecular weight excluding hydrogens is 782 g/mol. The van der Waals surface area contributed by atoms with Gasteiger partial charge in [-0.05, 0) is 40.0 Å². The maximum Gasteiger partial charge on any atom is 0.355 e. The molecule has 2 N–H and O–H groups in total. The summed E-state index contributed by atoms with van der Waals surface area (Å²) in [6.45, 7) is -0.0106. The number of anilines is 1. The third kappa shape index (κ3) is 8.18. The smallest absolute Gasteiger partial charge is 0.355 e. The summed E-state index contributed by atoms with van der Waals surface area (Å²) in [5.74, 6) is -0.509. The normalized spacial score (nSPS) is 16.8. The molecule has 1 fully saturated rings. The number of rotatable bonds is 15. The lowest BCUT2D eigenvalue weighted by Crippen LogP contribution is -2.71. The van der Waals surface area contributed by atoms with E-state index >= 15 is 0 Å². The quantitative estimate of drug-likeness (QED) is 0.0284. The topological polar surface area (TPSA) is 131 Å². The van der Waals surface area contributed by atoms with Gasteiger partial charge in [-0.1, -0.05) is 120 Å². The lowest BCUT2D eigenvalue weighted by Gasteiger charge is -2.49. The van der Waals surface area contributed by atoms with Gasteiger partial charge in [-0.15, -0.1) is 34.7 Å². The first kappa shape index (κ1) is 39.3. The molecule has 0 saturated carbocycles. The summed E-state index contributed by atoms with van der Waals surface area (Å²) in [6.07, 6.45) is 3.42.